The molecule has 7 heteroatoms. The fourth-order valence-corrected chi connectivity index (χ4v) is 1.31. The third-order valence-electron chi connectivity index (χ3n) is 1.98. The van der Waals surface area contributed by atoms with Crippen LogP contribution in [0.2, 0.25) is 0 Å². The second-order valence-electron chi connectivity index (χ2n) is 3.03. The number of esters is 1. The van der Waals surface area contributed by atoms with Gasteiger partial charge in [0.25, 0.3) is 6.43 Å². The van der Waals surface area contributed by atoms with Gasteiger partial charge in [0, 0.05) is 0 Å². The van der Waals surface area contributed by atoms with Gasteiger partial charge in [-0.2, -0.15) is 0 Å². The van der Waals surface area contributed by atoms with E-state index < -0.39 is 23.7 Å². The smallest absolute Gasteiger partial charge is 0.344 e. The molecule has 0 saturated heterocycles. The summed E-state index contributed by atoms with van der Waals surface area (Å²) in [5, 5.41) is 0. The molecule has 5 nitrogen and oxygen atoms in total. The highest BCUT2D eigenvalue weighted by Gasteiger charge is 2.27. The number of ether oxygens (including phenoxy) is 2. The molecule has 0 aliphatic heterocycles. The van der Waals surface area contributed by atoms with Crippen molar-refractivity contribution < 1.29 is 23.0 Å². The average molecular weight is 246 g/mol. The maximum absolute atomic E-state index is 12.7. The van der Waals surface area contributed by atoms with E-state index in [9.17, 15) is 13.6 Å². The Morgan fingerprint density at radius 2 is 2.24 bits per heavy atom. The Bertz CT molecular complexity index is 424. The van der Waals surface area contributed by atoms with E-state index in [1.807, 2.05) is 0 Å². The van der Waals surface area contributed by atoms with Crippen molar-refractivity contribution in [1.29, 1.82) is 0 Å². The second kappa shape index (κ2) is 5.42. The molecule has 0 radical (unpaired) electrons. The molecule has 1 aromatic rings. The summed E-state index contributed by atoms with van der Waals surface area (Å²) in [5.41, 5.74) is 4.37. The first-order valence-electron chi connectivity index (χ1n) is 4.80. The van der Waals surface area contributed by atoms with Crippen LogP contribution in [-0.4, -0.2) is 24.7 Å². The molecule has 0 aliphatic rings. The molecule has 1 heterocycles. The molecule has 2 N–H and O–H groups in total. The topological polar surface area (TPSA) is 74.4 Å². The summed E-state index contributed by atoms with van der Waals surface area (Å²) in [6.45, 7) is 1.62. The Balaban J connectivity index is 3.38. The number of rotatable bonds is 4. The van der Waals surface area contributed by atoms with Crippen LogP contribution >= 0.6 is 0 Å². The molecular formula is C10H12F2N2O3. The molecule has 0 amide bonds. The number of aromatic nitrogens is 1. The maximum atomic E-state index is 12.7. The Morgan fingerprint density at radius 3 is 2.71 bits per heavy atom. The van der Waals surface area contributed by atoms with E-state index in [0.29, 0.717) is 0 Å². The van der Waals surface area contributed by atoms with Gasteiger partial charge in [0.05, 0.1) is 25.6 Å². The SMILES string of the molecule is CCOC(=O)c1c(C(F)F)ncc(N)c1OC. The van der Waals surface area contributed by atoms with Crippen molar-refractivity contribution in [3.05, 3.63) is 17.5 Å². The molecule has 1 aromatic heterocycles. The lowest BCUT2D eigenvalue weighted by atomic mass is 10.1. The van der Waals surface area contributed by atoms with Crippen molar-refractivity contribution in [2.75, 3.05) is 19.5 Å². The minimum absolute atomic E-state index is 0.0000435. The zero-order valence-electron chi connectivity index (χ0n) is 9.37. The van der Waals surface area contributed by atoms with Crippen LogP contribution in [0.4, 0.5) is 14.5 Å². The van der Waals surface area contributed by atoms with E-state index in [1.54, 1.807) is 6.92 Å². The van der Waals surface area contributed by atoms with Crippen LogP contribution in [0.25, 0.3) is 0 Å². The van der Waals surface area contributed by atoms with E-state index >= 15 is 0 Å². The third kappa shape index (κ3) is 2.61. The standard InChI is InChI=1S/C10H12F2N2O3/c1-3-17-10(15)6-7(9(11)12)14-4-5(13)8(6)16-2/h4,9H,3,13H2,1-2H3. The van der Waals surface area contributed by atoms with Gasteiger partial charge in [0.2, 0.25) is 0 Å². The van der Waals surface area contributed by atoms with Crippen LogP contribution < -0.4 is 10.5 Å². The van der Waals surface area contributed by atoms with Crippen LogP contribution in [0.5, 0.6) is 5.75 Å². The monoisotopic (exact) mass is 246 g/mol. The van der Waals surface area contributed by atoms with E-state index in [4.69, 9.17) is 10.5 Å². The third-order valence-corrected chi connectivity index (χ3v) is 1.98. The first-order chi connectivity index (χ1) is 8.02. The molecule has 1 rings (SSSR count). The van der Waals surface area contributed by atoms with Crippen LogP contribution in [0.1, 0.15) is 29.4 Å². The highest BCUT2D eigenvalue weighted by molar-refractivity contribution is 5.95. The largest absolute Gasteiger partial charge is 0.494 e. The number of nitrogens with two attached hydrogens (primary N) is 1. The van der Waals surface area contributed by atoms with Crippen molar-refractivity contribution in [1.82, 2.24) is 4.98 Å². The average Bonchev–Trinajstić information content (AvgIpc) is 2.28. The Morgan fingerprint density at radius 1 is 1.59 bits per heavy atom. The summed E-state index contributed by atoms with van der Waals surface area (Å²) in [5.74, 6) is -1.08. The lowest BCUT2D eigenvalue weighted by Gasteiger charge is -2.13. The van der Waals surface area contributed by atoms with Gasteiger partial charge in [0.1, 0.15) is 11.3 Å². The predicted octanol–water partition coefficient (Wildman–Crippen LogP) is 1.79. The quantitative estimate of drug-likeness (QED) is 0.820. The number of halogens is 2. The van der Waals surface area contributed by atoms with Crippen molar-refractivity contribution >= 4 is 11.7 Å². The van der Waals surface area contributed by atoms with Gasteiger partial charge in [-0.1, -0.05) is 0 Å². The Hall–Kier alpha value is -1.92. The molecule has 0 unspecified atom stereocenters. The van der Waals surface area contributed by atoms with Crippen LogP contribution in [0, 0.1) is 0 Å². The van der Waals surface area contributed by atoms with E-state index in [0.717, 1.165) is 6.20 Å². The minimum atomic E-state index is -2.91. The molecule has 0 saturated carbocycles. The van der Waals surface area contributed by atoms with E-state index in [-0.39, 0.29) is 18.0 Å². The lowest BCUT2D eigenvalue weighted by molar-refractivity contribution is 0.0509. The van der Waals surface area contributed by atoms with Gasteiger partial charge in [-0.25, -0.2) is 13.6 Å². The Kier molecular flexibility index (Phi) is 4.19. The van der Waals surface area contributed by atoms with Crippen LogP contribution in [0.15, 0.2) is 6.20 Å². The van der Waals surface area contributed by atoms with Crippen LogP contribution in [-0.2, 0) is 4.74 Å². The number of carbonyl (C=O) groups is 1. The van der Waals surface area contributed by atoms with Crippen molar-refractivity contribution in [2.24, 2.45) is 0 Å². The highest BCUT2D eigenvalue weighted by atomic mass is 19.3. The van der Waals surface area contributed by atoms with Gasteiger partial charge in [-0.3, -0.25) is 4.98 Å². The number of anilines is 1. The fourth-order valence-electron chi connectivity index (χ4n) is 1.31. The first kappa shape index (κ1) is 13.1. The number of pyridine rings is 1. The molecular weight excluding hydrogens is 234 g/mol. The molecule has 0 fully saturated rings. The van der Waals surface area contributed by atoms with Gasteiger partial charge < -0.3 is 15.2 Å². The number of methoxy groups -OCH3 is 1. The molecule has 0 aliphatic carbocycles. The molecule has 17 heavy (non-hydrogen) atoms. The zero-order valence-corrected chi connectivity index (χ0v) is 9.37. The predicted molar refractivity (Wildman–Crippen MR) is 56.1 cm³/mol. The van der Waals surface area contributed by atoms with Crippen molar-refractivity contribution in [3.63, 3.8) is 0 Å². The molecule has 0 aromatic carbocycles. The minimum Gasteiger partial charge on any atom is -0.494 e. The van der Waals surface area contributed by atoms with Gasteiger partial charge in [0.15, 0.2) is 5.75 Å². The summed E-state index contributed by atoms with van der Waals surface area (Å²) in [4.78, 5) is 15.0. The number of hydrogen-bond donors (Lipinski definition) is 1. The summed E-state index contributed by atoms with van der Waals surface area (Å²) in [7, 11) is 1.23. The fraction of sp³-hybridized carbons (Fsp3) is 0.400. The molecule has 94 valence electrons. The normalized spacial score (nSPS) is 10.4. The summed E-state index contributed by atoms with van der Waals surface area (Å²) < 4.78 is 34.9. The maximum Gasteiger partial charge on any atom is 0.344 e. The Labute approximate surface area is 96.5 Å². The summed E-state index contributed by atoms with van der Waals surface area (Å²) >= 11 is 0. The van der Waals surface area contributed by atoms with Gasteiger partial charge >= 0.3 is 5.97 Å². The van der Waals surface area contributed by atoms with E-state index in [1.165, 1.54) is 7.11 Å². The second-order valence-corrected chi connectivity index (χ2v) is 3.03. The van der Waals surface area contributed by atoms with Crippen molar-refractivity contribution in [2.45, 2.75) is 13.3 Å². The number of carbonyl (C=O) groups excluding carboxylic acids is 1. The number of nitrogens with zero attached hydrogens (tertiary/aromatic N) is 1. The number of nitrogen functional groups attached to an aromatic ring is 1. The summed E-state index contributed by atoms with van der Waals surface area (Å²) in [6, 6.07) is 0. The summed E-state index contributed by atoms with van der Waals surface area (Å²) in [6.07, 6.45) is -1.90. The molecule has 0 bridgehead atoms. The van der Waals surface area contributed by atoms with E-state index in [2.05, 4.69) is 9.72 Å². The molecule has 0 atom stereocenters. The van der Waals surface area contributed by atoms with Crippen molar-refractivity contribution in [3.8, 4) is 5.75 Å². The lowest BCUT2D eigenvalue weighted by Crippen LogP contribution is -2.13. The number of alkyl halides is 2. The highest BCUT2D eigenvalue weighted by Crippen LogP contribution is 2.32. The zero-order chi connectivity index (χ0) is 13.0. The van der Waals surface area contributed by atoms with Gasteiger partial charge in [-0.15, -0.1) is 0 Å². The van der Waals surface area contributed by atoms with Gasteiger partial charge in [-0.05, 0) is 6.92 Å². The number of hydrogen-bond acceptors (Lipinski definition) is 5. The molecule has 0 spiro atoms. The van der Waals surface area contributed by atoms with Crippen LogP contribution in [0.3, 0.4) is 0 Å². The first-order valence-corrected chi connectivity index (χ1v) is 4.80.